The Morgan fingerprint density at radius 3 is 2.96 bits per heavy atom. The largest absolute Gasteiger partial charge is 0.495 e. The molecule has 1 aromatic rings. The zero-order valence-corrected chi connectivity index (χ0v) is 14.9. The van der Waals surface area contributed by atoms with Crippen molar-refractivity contribution in [2.45, 2.75) is 18.6 Å². The maximum Gasteiger partial charge on any atom is 0.250 e. The van der Waals surface area contributed by atoms with Gasteiger partial charge < -0.3 is 24.6 Å². The second-order valence-corrected chi connectivity index (χ2v) is 6.81. The van der Waals surface area contributed by atoms with Gasteiger partial charge in [0.2, 0.25) is 0 Å². The minimum Gasteiger partial charge on any atom is -0.495 e. The van der Waals surface area contributed by atoms with Crippen LogP contribution < -0.4 is 15.0 Å². The smallest absolute Gasteiger partial charge is 0.250 e. The molecule has 0 spiro atoms. The first kappa shape index (κ1) is 17.3. The van der Waals surface area contributed by atoms with Crippen LogP contribution in [0.3, 0.4) is 0 Å². The quantitative estimate of drug-likeness (QED) is 0.886. The van der Waals surface area contributed by atoms with Gasteiger partial charge in [0.05, 0.1) is 19.4 Å². The van der Waals surface area contributed by atoms with E-state index in [1.807, 2.05) is 25.2 Å². The van der Waals surface area contributed by atoms with Crippen LogP contribution in [0.25, 0.3) is 0 Å². The molecule has 6 nitrogen and oxygen atoms in total. The topological polar surface area (TPSA) is 54.0 Å². The Balaban J connectivity index is 1.59. The molecule has 2 saturated heterocycles. The third-order valence-corrected chi connectivity index (χ3v) is 4.81. The summed E-state index contributed by atoms with van der Waals surface area (Å²) in [5.74, 6) is 0.773. The molecule has 7 heteroatoms. The maximum atomic E-state index is 12.4. The van der Waals surface area contributed by atoms with Gasteiger partial charge in [0.15, 0.2) is 0 Å². The number of amides is 1. The number of methoxy groups -OCH3 is 1. The number of hydrogen-bond acceptors (Lipinski definition) is 5. The number of rotatable bonds is 4. The second-order valence-electron chi connectivity index (χ2n) is 6.38. The van der Waals surface area contributed by atoms with Crippen LogP contribution in [-0.4, -0.2) is 69.9 Å². The molecule has 0 aromatic heterocycles. The van der Waals surface area contributed by atoms with Crippen molar-refractivity contribution >= 4 is 23.2 Å². The first-order valence-corrected chi connectivity index (χ1v) is 8.63. The fourth-order valence-corrected chi connectivity index (χ4v) is 3.40. The lowest BCUT2D eigenvalue weighted by Crippen LogP contribution is -2.51. The summed E-state index contributed by atoms with van der Waals surface area (Å²) < 4.78 is 11.0. The van der Waals surface area contributed by atoms with Gasteiger partial charge in [0, 0.05) is 37.2 Å². The summed E-state index contributed by atoms with van der Waals surface area (Å²) in [6, 6.07) is 5.70. The molecular weight excluding hydrogens is 330 g/mol. The third kappa shape index (κ3) is 3.94. The minimum atomic E-state index is -0.376. The fraction of sp³-hybridized carbons (Fsp3) is 0.588. The SMILES string of the molecule is COc1ccc(Cl)cc1N1CCC(NC(=O)C2CN(C)CCO2)C1. The monoisotopic (exact) mass is 353 g/mol. The van der Waals surface area contributed by atoms with E-state index in [-0.39, 0.29) is 18.1 Å². The van der Waals surface area contributed by atoms with Crippen LogP contribution in [0, 0.1) is 0 Å². The van der Waals surface area contributed by atoms with Crippen molar-refractivity contribution in [1.29, 1.82) is 0 Å². The number of benzene rings is 1. The van der Waals surface area contributed by atoms with Crippen molar-refractivity contribution < 1.29 is 14.3 Å². The number of likely N-dealkylation sites (N-methyl/N-ethyl adjacent to an activating group) is 1. The summed E-state index contributed by atoms with van der Waals surface area (Å²) >= 11 is 6.12. The normalized spacial score (nSPS) is 24.9. The summed E-state index contributed by atoms with van der Waals surface area (Å²) in [4.78, 5) is 16.7. The number of halogens is 1. The Hall–Kier alpha value is -1.50. The molecule has 1 amide bonds. The van der Waals surface area contributed by atoms with E-state index in [1.165, 1.54) is 0 Å². The van der Waals surface area contributed by atoms with Crippen molar-refractivity contribution in [2.24, 2.45) is 0 Å². The summed E-state index contributed by atoms with van der Waals surface area (Å²) in [6.07, 6.45) is 0.516. The van der Waals surface area contributed by atoms with E-state index < -0.39 is 0 Å². The Morgan fingerprint density at radius 2 is 2.21 bits per heavy atom. The van der Waals surface area contributed by atoms with E-state index in [9.17, 15) is 4.79 Å². The average molecular weight is 354 g/mol. The maximum absolute atomic E-state index is 12.4. The first-order chi connectivity index (χ1) is 11.6. The molecule has 0 saturated carbocycles. The lowest BCUT2D eigenvalue weighted by atomic mass is 10.2. The van der Waals surface area contributed by atoms with Crippen LogP contribution in [-0.2, 0) is 9.53 Å². The molecule has 0 radical (unpaired) electrons. The van der Waals surface area contributed by atoms with Gasteiger partial charge in [-0.2, -0.15) is 0 Å². The number of nitrogens with one attached hydrogen (secondary N) is 1. The van der Waals surface area contributed by atoms with Crippen LogP contribution in [0.5, 0.6) is 5.75 Å². The lowest BCUT2D eigenvalue weighted by molar-refractivity contribution is -0.138. The number of anilines is 1. The highest BCUT2D eigenvalue weighted by molar-refractivity contribution is 6.30. The van der Waals surface area contributed by atoms with E-state index in [2.05, 4.69) is 15.1 Å². The molecule has 2 fully saturated rings. The number of carbonyl (C=O) groups is 1. The standard InChI is InChI=1S/C17H24ClN3O3/c1-20-7-8-24-16(11-20)17(22)19-13-5-6-21(10-13)14-9-12(18)3-4-15(14)23-2/h3-4,9,13,16H,5-8,10-11H2,1-2H3,(H,19,22). The highest BCUT2D eigenvalue weighted by Gasteiger charge is 2.30. The van der Waals surface area contributed by atoms with Crippen LogP contribution in [0.2, 0.25) is 5.02 Å². The molecule has 2 aliphatic heterocycles. The Morgan fingerprint density at radius 1 is 1.38 bits per heavy atom. The minimum absolute atomic E-state index is 0.0218. The number of hydrogen-bond donors (Lipinski definition) is 1. The average Bonchev–Trinajstić information content (AvgIpc) is 3.03. The van der Waals surface area contributed by atoms with Crippen LogP contribution in [0.4, 0.5) is 5.69 Å². The highest BCUT2D eigenvalue weighted by Crippen LogP contribution is 2.33. The zero-order valence-electron chi connectivity index (χ0n) is 14.1. The van der Waals surface area contributed by atoms with E-state index >= 15 is 0 Å². The predicted octanol–water partition coefficient (Wildman–Crippen LogP) is 1.37. The van der Waals surface area contributed by atoms with Crippen LogP contribution >= 0.6 is 11.6 Å². The molecule has 2 atom stereocenters. The number of nitrogens with zero attached hydrogens (tertiary/aromatic N) is 2. The van der Waals surface area contributed by atoms with Crippen molar-refractivity contribution in [3.63, 3.8) is 0 Å². The van der Waals surface area contributed by atoms with Crippen LogP contribution in [0.15, 0.2) is 18.2 Å². The molecule has 2 heterocycles. The van der Waals surface area contributed by atoms with Gasteiger partial charge in [-0.1, -0.05) is 11.6 Å². The lowest BCUT2D eigenvalue weighted by Gasteiger charge is -2.30. The van der Waals surface area contributed by atoms with Crippen molar-refractivity contribution in [2.75, 3.05) is 51.8 Å². The van der Waals surface area contributed by atoms with Gasteiger partial charge in [-0.3, -0.25) is 4.79 Å². The Kier molecular flexibility index (Phi) is 5.48. The van der Waals surface area contributed by atoms with E-state index in [1.54, 1.807) is 7.11 Å². The van der Waals surface area contributed by atoms with Gasteiger partial charge in [0.25, 0.3) is 5.91 Å². The molecule has 132 valence electrons. The molecule has 1 N–H and O–H groups in total. The van der Waals surface area contributed by atoms with Crippen molar-refractivity contribution in [1.82, 2.24) is 10.2 Å². The zero-order chi connectivity index (χ0) is 17.1. The summed E-state index contributed by atoms with van der Waals surface area (Å²) in [7, 11) is 3.66. The van der Waals surface area contributed by atoms with E-state index in [0.29, 0.717) is 18.2 Å². The predicted molar refractivity (Wildman–Crippen MR) is 94.0 cm³/mol. The van der Waals surface area contributed by atoms with Crippen LogP contribution in [0.1, 0.15) is 6.42 Å². The summed E-state index contributed by atoms with van der Waals surface area (Å²) in [6.45, 7) is 3.71. The summed E-state index contributed by atoms with van der Waals surface area (Å²) in [5, 5.41) is 3.79. The number of carbonyl (C=O) groups excluding carboxylic acids is 1. The van der Waals surface area contributed by atoms with E-state index in [4.69, 9.17) is 21.1 Å². The molecule has 2 aliphatic rings. The molecule has 2 unspecified atom stereocenters. The third-order valence-electron chi connectivity index (χ3n) is 4.58. The van der Waals surface area contributed by atoms with E-state index in [0.717, 1.165) is 37.5 Å². The molecular formula is C17H24ClN3O3. The van der Waals surface area contributed by atoms with Crippen molar-refractivity contribution in [3.05, 3.63) is 23.2 Å². The van der Waals surface area contributed by atoms with Gasteiger partial charge in [-0.05, 0) is 31.7 Å². The van der Waals surface area contributed by atoms with Gasteiger partial charge in [0.1, 0.15) is 11.9 Å². The second kappa shape index (κ2) is 7.59. The highest BCUT2D eigenvalue weighted by atomic mass is 35.5. The molecule has 24 heavy (non-hydrogen) atoms. The number of morpholine rings is 1. The van der Waals surface area contributed by atoms with Gasteiger partial charge in [-0.25, -0.2) is 0 Å². The Bertz CT molecular complexity index is 598. The Labute approximate surface area is 147 Å². The van der Waals surface area contributed by atoms with Gasteiger partial charge >= 0.3 is 0 Å². The number of ether oxygens (including phenoxy) is 2. The van der Waals surface area contributed by atoms with Gasteiger partial charge in [-0.15, -0.1) is 0 Å². The molecule has 0 bridgehead atoms. The van der Waals surface area contributed by atoms with Crippen molar-refractivity contribution in [3.8, 4) is 5.75 Å². The molecule has 0 aliphatic carbocycles. The molecule has 3 rings (SSSR count). The molecule has 1 aromatic carbocycles. The summed E-state index contributed by atoms with van der Waals surface area (Å²) in [5.41, 5.74) is 0.968. The fourth-order valence-electron chi connectivity index (χ4n) is 3.24. The first-order valence-electron chi connectivity index (χ1n) is 8.26.